The van der Waals surface area contributed by atoms with Crippen LogP contribution in [0.15, 0.2) is 54.6 Å². The Labute approximate surface area is 166 Å². The molecule has 1 aliphatic rings. The second-order valence-corrected chi connectivity index (χ2v) is 6.70. The first-order valence-electron chi connectivity index (χ1n) is 9.11. The van der Waals surface area contributed by atoms with E-state index in [1.54, 1.807) is 0 Å². The van der Waals surface area contributed by atoms with Crippen LogP contribution in [0, 0.1) is 10.1 Å². The quantitative estimate of drug-likeness (QED) is 0.483. The zero-order chi connectivity index (χ0) is 20.8. The van der Waals surface area contributed by atoms with Gasteiger partial charge in [-0.2, -0.15) is 0 Å². The minimum Gasteiger partial charge on any atom is -0.344 e. The predicted octanol–water partition coefficient (Wildman–Crippen LogP) is 1.54. The Morgan fingerprint density at radius 1 is 1.14 bits per heavy atom. The molecule has 0 spiro atoms. The van der Waals surface area contributed by atoms with Gasteiger partial charge in [-0.05, 0) is 24.1 Å². The molecule has 9 heteroatoms. The zero-order valence-electron chi connectivity index (χ0n) is 15.5. The van der Waals surface area contributed by atoms with Gasteiger partial charge in [-0.1, -0.05) is 30.3 Å². The van der Waals surface area contributed by atoms with Crippen LogP contribution in [-0.4, -0.2) is 34.7 Å². The van der Waals surface area contributed by atoms with Crippen molar-refractivity contribution >= 4 is 29.1 Å². The molecule has 1 heterocycles. The van der Waals surface area contributed by atoms with Crippen LogP contribution >= 0.6 is 0 Å². The molecule has 9 nitrogen and oxygen atoms in total. The van der Waals surface area contributed by atoms with Crippen molar-refractivity contribution in [1.29, 1.82) is 0 Å². The molecule has 1 saturated heterocycles. The maximum Gasteiger partial charge on any atom is 0.269 e. The molecule has 3 amide bonds. The van der Waals surface area contributed by atoms with E-state index in [1.165, 1.54) is 24.3 Å². The fourth-order valence-corrected chi connectivity index (χ4v) is 3.04. The van der Waals surface area contributed by atoms with Crippen molar-refractivity contribution < 1.29 is 19.3 Å². The average Bonchev–Trinajstić information content (AvgIpc) is 3.15. The van der Waals surface area contributed by atoms with Crippen LogP contribution in [0.25, 0.3) is 0 Å². The number of carbonyl (C=O) groups excluding carboxylic acids is 3. The summed E-state index contributed by atoms with van der Waals surface area (Å²) in [7, 11) is 0. The van der Waals surface area contributed by atoms with Crippen molar-refractivity contribution in [3.63, 3.8) is 0 Å². The lowest BCUT2D eigenvalue weighted by atomic mass is 10.0. The number of nitro groups is 1. The minimum absolute atomic E-state index is 0.0888. The SMILES string of the molecule is O=C1CC[C@@H](C(=O)N[C@H](Cc2ccccc2)C(=O)Nc2ccc([N+](=O)[O-])cc2)N1. The van der Waals surface area contributed by atoms with E-state index in [2.05, 4.69) is 16.0 Å². The third kappa shape index (κ3) is 5.38. The Kier molecular flexibility index (Phi) is 6.18. The summed E-state index contributed by atoms with van der Waals surface area (Å²) in [5, 5.41) is 18.7. The van der Waals surface area contributed by atoms with E-state index in [4.69, 9.17) is 0 Å². The van der Waals surface area contributed by atoms with Gasteiger partial charge < -0.3 is 16.0 Å². The maximum absolute atomic E-state index is 12.8. The van der Waals surface area contributed by atoms with Crippen LogP contribution in [0.5, 0.6) is 0 Å². The standard InChI is InChI=1S/C20H20N4O5/c25-18-11-10-16(22-18)19(26)23-17(12-13-4-2-1-3-5-13)20(27)21-14-6-8-15(9-7-14)24(28)29/h1-9,16-17H,10-12H2,(H,21,27)(H,22,25)(H,23,26)/t16-,17+/m0/s1. The van der Waals surface area contributed by atoms with Gasteiger partial charge in [0, 0.05) is 30.7 Å². The van der Waals surface area contributed by atoms with Crippen molar-refractivity contribution in [2.75, 3.05) is 5.32 Å². The molecule has 2 aromatic rings. The van der Waals surface area contributed by atoms with Crippen molar-refractivity contribution in [3.05, 3.63) is 70.3 Å². The first-order valence-corrected chi connectivity index (χ1v) is 9.11. The summed E-state index contributed by atoms with van der Waals surface area (Å²) in [5.74, 6) is -1.07. The van der Waals surface area contributed by atoms with E-state index in [-0.39, 0.29) is 24.4 Å². The van der Waals surface area contributed by atoms with Crippen molar-refractivity contribution in [1.82, 2.24) is 10.6 Å². The van der Waals surface area contributed by atoms with Crippen LogP contribution in [-0.2, 0) is 20.8 Å². The van der Waals surface area contributed by atoms with Crippen molar-refractivity contribution in [2.45, 2.75) is 31.3 Å². The number of nitro benzene ring substituents is 1. The molecule has 3 rings (SSSR count). The van der Waals surface area contributed by atoms with Gasteiger partial charge in [0.25, 0.3) is 5.69 Å². The van der Waals surface area contributed by atoms with E-state index >= 15 is 0 Å². The van der Waals surface area contributed by atoms with Crippen LogP contribution < -0.4 is 16.0 Å². The first kappa shape index (κ1) is 20.0. The van der Waals surface area contributed by atoms with Gasteiger partial charge in [0.05, 0.1) is 4.92 Å². The van der Waals surface area contributed by atoms with Gasteiger partial charge >= 0.3 is 0 Å². The van der Waals surface area contributed by atoms with Gasteiger partial charge in [0.15, 0.2) is 0 Å². The molecule has 0 radical (unpaired) electrons. The van der Waals surface area contributed by atoms with Crippen molar-refractivity contribution in [3.8, 4) is 0 Å². The van der Waals surface area contributed by atoms with Gasteiger partial charge in [0.1, 0.15) is 12.1 Å². The number of rotatable bonds is 7. The normalized spacial score (nSPS) is 16.6. The number of hydrogen-bond donors (Lipinski definition) is 3. The summed E-state index contributed by atoms with van der Waals surface area (Å²) in [5.41, 5.74) is 1.14. The molecular formula is C20H20N4O5. The summed E-state index contributed by atoms with van der Waals surface area (Å²) in [6.07, 6.45) is 0.912. The zero-order valence-corrected chi connectivity index (χ0v) is 15.5. The molecule has 150 valence electrons. The number of hydrogen-bond acceptors (Lipinski definition) is 5. The van der Waals surface area contributed by atoms with Crippen LogP contribution in [0.3, 0.4) is 0 Å². The molecule has 0 aliphatic carbocycles. The molecule has 29 heavy (non-hydrogen) atoms. The highest BCUT2D eigenvalue weighted by molar-refractivity contribution is 5.99. The van der Waals surface area contributed by atoms with E-state index in [0.717, 1.165) is 5.56 Å². The number of nitrogens with zero attached hydrogens (tertiary/aromatic N) is 1. The Bertz CT molecular complexity index is 914. The fraction of sp³-hybridized carbons (Fsp3) is 0.250. The number of nitrogens with one attached hydrogen (secondary N) is 3. The Balaban J connectivity index is 1.72. The highest BCUT2D eigenvalue weighted by Crippen LogP contribution is 2.16. The highest BCUT2D eigenvalue weighted by atomic mass is 16.6. The van der Waals surface area contributed by atoms with E-state index in [0.29, 0.717) is 12.1 Å². The summed E-state index contributed by atoms with van der Waals surface area (Å²) in [6.45, 7) is 0. The number of carbonyl (C=O) groups is 3. The number of benzene rings is 2. The molecule has 1 fully saturated rings. The lowest BCUT2D eigenvalue weighted by Crippen LogP contribution is -2.51. The van der Waals surface area contributed by atoms with Crippen molar-refractivity contribution in [2.24, 2.45) is 0 Å². The predicted molar refractivity (Wildman–Crippen MR) is 105 cm³/mol. The summed E-state index contributed by atoms with van der Waals surface area (Å²) >= 11 is 0. The monoisotopic (exact) mass is 396 g/mol. The van der Waals surface area contributed by atoms with Gasteiger partial charge in [-0.15, -0.1) is 0 Å². The lowest BCUT2D eigenvalue weighted by Gasteiger charge is -2.20. The van der Waals surface area contributed by atoms with Crippen LogP contribution in [0.1, 0.15) is 18.4 Å². The molecule has 2 aromatic carbocycles. The fourth-order valence-electron chi connectivity index (χ4n) is 3.04. The topological polar surface area (TPSA) is 130 Å². The molecule has 0 saturated carbocycles. The maximum atomic E-state index is 12.8. The number of anilines is 1. The largest absolute Gasteiger partial charge is 0.344 e. The highest BCUT2D eigenvalue weighted by Gasteiger charge is 2.30. The first-order chi connectivity index (χ1) is 13.9. The summed E-state index contributed by atoms with van der Waals surface area (Å²) in [4.78, 5) is 46.9. The minimum atomic E-state index is -0.877. The third-order valence-electron chi connectivity index (χ3n) is 4.57. The molecule has 0 aromatic heterocycles. The lowest BCUT2D eigenvalue weighted by molar-refractivity contribution is -0.384. The third-order valence-corrected chi connectivity index (χ3v) is 4.57. The Morgan fingerprint density at radius 3 is 2.41 bits per heavy atom. The molecular weight excluding hydrogens is 376 g/mol. The molecule has 0 unspecified atom stereocenters. The van der Waals surface area contributed by atoms with E-state index < -0.39 is 28.8 Å². The molecule has 0 bridgehead atoms. The van der Waals surface area contributed by atoms with Gasteiger partial charge in [-0.3, -0.25) is 24.5 Å². The molecule has 2 atom stereocenters. The average molecular weight is 396 g/mol. The van der Waals surface area contributed by atoms with E-state index in [9.17, 15) is 24.5 Å². The smallest absolute Gasteiger partial charge is 0.269 e. The summed E-state index contributed by atoms with van der Waals surface area (Å²) < 4.78 is 0. The van der Waals surface area contributed by atoms with Crippen LogP contribution in [0.2, 0.25) is 0 Å². The second kappa shape index (κ2) is 8.96. The number of non-ortho nitro benzene ring substituents is 1. The number of amides is 3. The second-order valence-electron chi connectivity index (χ2n) is 6.70. The summed E-state index contributed by atoms with van der Waals surface area (Å²) in [6, 6.07) is 13.1. The van der Waals surface area contributed by atoms with Crippen LogP contribution in [0.4, 0.5) is 11.4 Å². The van der Waals surface area contributed by atoms with E-state index in [1.807, 2.05) is 30.3 Å². The molecule has 3 N–H and O–H groups in total. The van der Waals surface area contributed by atoms with Gasteiger partial charge in [-0.25, -0.2) is 0 Å². The van der Waals surface area contributed by atoms with Gasteiger partial charge in [0.2, 0.25) is 17.7 Å². The Morgan fingerprint density at radius 2 is 1.83 bits per heavy atom. The Hall–Kier alpha value is -3.75. The molecule has 1 aliphatic heterocycles.